The zero-order chi connectivity index (χ0) is 19.3. The lowest BCUT2D eigenvalue weighted by Crippen LogP contribution is -2.65. The molecule has 0 aromatic heterocycles. The molecule has 1 aliphatic carbocycles. The minimum absolute atomic E-state index is 0.108. The zero-order valence-corrected chi connectivity index (χ0v) is 15.9. The quantitative estimate of drug-likeness (QED) is 0.652. The molecule has 1 aromatic rings. The molecule has 4 aliphatic rings. The van der Waals surface area contributed by atoms with Crippen LogP contribution in [0.15, 0.2) is 18.2 Å². The minimum atomic E-state index is -0.556. The number of imide groups is 1. The monoisotopic (exact) mass is 382 g/mol. The van der Waals surface area contributed by atoms with Gasteiger partial charge in [-0.05, 0) is 61.9 Å². The predicted molar refractivity (Wildman–Crippen MR) is 102 cm³/mol. The van der Waals surface area contributed by atoms with E-state index in [4.69, 9.17) is 0 Å². The summed E-state index contributed by atoms with van der Waals surface area (Å²) in [6.45, 7) is 3.33. The van der Waals surface area contributed by atoms with Crippen LogP contribution < -0.4 is 16.0 Å². The Balaban J connectivity index is 1.22. The van der Waals surface area contributed by atoms with Gasteiger partial charge in [0.15, 0.2) is 0 Å². The molecule has 1 saturated carbocycles. The van der Waals surface area contributed by atoms with Crippen molar-refractivity contribution in [3.8, 4) is 0 Å². The Morgan fingerprint density at radius 2 is 2.04 bits per heavy atom. The van der Waals surface area contributed by atoms with E-state index in [1.165, 1.54) is 19.3 Å². The highest BCUT2D eigenvalue weighted by Gasteiger charge is 2.47. The summed E-state index contributed by atoms with van der Waals surface area (Å²) in [5, 5.41) is 9.47. The Kier molecular flexibility index (Phi) is 4.25. The fourth-order valence-corrected chi connectivity index (χ4v) is 5.24. The highest BCUT2D eigenvalue weighted by molar-refractivity contribution is 6.05. The first-order valence-electron chi connectivity index (χ1n) is 10.3. The van der Waals surface area contributed by atoms with Gasteiger partial charge >= 0.3 is 0 Å². The second-order valence-electron chi connectivity index (χ2n) is 8.71. The maximum Gasteiger partial charge on any atom is 0.255 e. The van der Waals surface area contributed by atoms with Crippen molar-refractivity contribution < 1.29 is 14.4 Å². The highest BCUT2D eigenvalue weighted by Crippen LogP contribution is 2.43. The van der Waals surface area contributed by atoms with Crippen LogP contribution in [0.2, 0.25) is 0 Å². The van der Waals surface area contributed by atoms with Crippen molar-refractivity contribution in [2.45, 2.75) is 56.8 Å². The van der Waals surface area contributed by atoms with Gasteiger partial charge in [0.1, 0.15) is 6.04 Å². The summed E-state index contributed by atoms with van der Waals surface area (Å²) in [5.41, 5.74) is 3.27. The number of fused-ring (bicyclic) bond motifs is 1. The molecule has 0 bridgehead atoms. The molecule has 1 aromatic carbocycles. The van der Waals surface area contributed by atoms with Crippen LogP contribution in [0.1, 0.15) is 53.6 Å². The third-order valence-corrected chi connectivity index (χ3v) is 6.89. The van der Waals surface area contributed by atoms with Gasteiger partial charge in [-0.15, -0.1) is 0 Å². The lowest BCUT2D eigenvalue weighted by molar-refractivity contribution is -0.136. The van der Waals surface area contributed by atoms with Crippen LogP contribution >= 0.6 is 0 Å². The Morgan fingerprint density at radius 1 is 1.21 bits per heavy atom. The average Bonchev–Trinajstić information content (AvgIpc) is 2.93. The van der Waals surface area contributed by atoms with E-state index in [0.29, 0.717) is 24.1 Å². The lowest BCUT2D eigenvalue weighted by atomic mass is 9.63. The number of carbonyl (C=O) groups is 3. The molecular formula is C21H26N4O3. The SMILES string of the molecule is O=C1CCC(N2Cc3c(CNCC4CC5(CCN5)C4)cccc3C2=O)C(=O)N1. The second-order valence-corrected chi connectivity index (χ2v) is 8.71. The molecule has 1 unspecified atom stereocenters. The van der Waals surface area contributed by atoms with E-state index < -0.39 is 6.04 Å². The normalized spacial score (nSPS) is 31.4. The molecule has 1 atom stereocenters. The highest BCUT2D eigenvalue weighted by atomic mass is 16.2. The number of hydrogen-bond donors (Lipinski definition) is 3. The van der Waals surface area contributed by atoms with E-state index in [1.807, 2.05) is 12.1 Å². The van der Waals surface area contributed by atoms with Crippen molar-refractivity contribution in [2.75, 3.05) is 13.1 Å². The van der Waals surface area contributed by atoms with E-state index in [0.717, 1.165) is 36.7 Å². The van der Waals surface area contributed by atoms with Gasteiger partial charge in [0, 0.05) is 30.6 Å². The number of nitrogens with one attached hydrogen (secondary N) is 3. The third kappa shape index (κ3) is 2.93. The molecule has 5 rings (SSSR count). The Morgan fingerprint density at radius 3 is 2.75 bits per heavy atom. The van der Waals surface area contributed by atoms with E-state index in [1.54, 1.807) is 4.90 Å². The smallest absolute Gasteiger partial charge is 0.255 e. The Hall–Kier alpha value is -2.25. The Labute approximate surface area is 164 Å². The fraction of sp³-hybridized carbons (Fsp3) is 0.571. The van der Waals surface area contributed by atoms with Gasteiger partial charge in [0.2, 0.25) is 11.8 Å². The van der Waals surface area contributed by atoms with Crippen molar-refractivity contribution in [2.24, 2.45) is 5.92 Å². The van der Waals surface area contributed by atoms with Crippen molar-refractivity contribution in [1.29, 1.82) is 0 Å². The summed E-state index contributed by atoms with van der Waals surface area (Å²) >= 11 is 0. The lowest BCUT2D eigenvalue weighted by Gasteiger charge is -2.55. The van der Waals surface area contributed by atoms with Crippen molar-refractivity contribution in [3.63, 3.8) is 0 Å². The average molecular weight is 382 g/mol. The van der Waals surface area contributed by atoms with Gasteiger partial charge in [-0.1, -0.05) is 12.1 Å². The van der Waals surface area contributed by atoms with Crippen LogP contribution in [-0.4, -0.2) is 47.3 Å². The van der Waals surface area contributed by atoms with Gasteiger partial charge in [0.05, 0.1) is 0 Å². The van der Waals surface area contributed by atoms with E-state index >= 15 is 0 Å². The van der Waals surface area contributed by atoms with Crippen LogP contribution in [0.25, 0.3) is 0 Å². The van der Waals surface area contributed by atoms with Crippen LogP contribution in [0.4, 0.5) is 0 Å². The summed E-state index contributed by atoms with van der Waals surface area (Å²) in [4.78, 5) is 38.1. The molecule has 28 heavy (non-hydrogen) atoms. The summed E-state index contributed by atoms with van der Waals surface area (Å²) < 4.78 is 0. The van der Waals surface area contributed by atoms with Gasteiger partial charge in [0.25, 0.3) is 5.91 Å². The van der Waals surface area contributed by atoms with Crippen LogP contribution in [0.5, 0.6) is 0 Å². The summed E-state index contributed by atoms with van der Waals surface area (Å²) in [5.74, 6) is 0.000256. The van der Waals surface area contributed by atoms with Crippen molar-refractivity contribution in [3.05, 3.63) is 34.9 Å². The summed E-state index contributed by atoms with van der Waals surface area (Å²) in [7, 11) is 0. The molecule has 3 aliphatic heterocycles. The minimum Gasteiger partial charge on any atom is -0.322 e. The molecule has 1 spiro atoms. The van der Waals surface area contributed by atoms with Gasteiger partial charge in [-0.25, -0.2) is 0 Å². The number of hydrogen-bond acceptors (Lipinski definition) is 5. The molecule has 2 saturated heterocycles. The summed E-state index contributed by atoms with van der Waals surface area (Å²) in [6, 6.07) is 5.26. The molecule has 7 heteroatoms. The van der Waals surface area contributed by atoms with Crippen molar-refractivity contribution in [1.82, 2.24) is 20.9 Å². The topological polar surface area (TPSA) is 90.5 Å². The van der Waals surface area contributed by atoms with E-state index in [-0.39, 0.29) is 24.1 Å². The van der Waals surface area contributed by atoms with E-state index in [9.17, 15) is 14.4 Å². The fourth-order valence-electron chi connectivity index (χ4n) is 5.24. The molecule has 3 N–H and O–H groups in total. The molecular weight excluding hydrogens is 356 g/mol. The largest absolute Gasteiger partial charge is 0.322 e. The van der Waals surface area contributed by atoms with E-state index in [2.05, 4.69) is 22.0 Å². The predicted octanol–water partition coefficient (Wildman–Crippen LogP) is 0.679. The van der Waals surface area contributed by atoms with Gasteiger partial charge in [-0.2, -0.15) is 0 Å². The molecule has 7 nitrogen and oxygen atoms in total. The maximum atomic E-state index is 12.9. The first kappa shape index (κ1) is 17.8. The third-order valence-electron chi connectivity index (χ3n) is 6.89. The second kappa shape index (κ2) is 6.67. The summed E-state index contributed by atoms with van der Waals surface area (Å²) in [6.07, 6.45) is 4.51. The van der Waals surface area contributed by atoms with Gasteiger partial charge < -0.3 is 15.5 Å². The number of amides is 3. The molecule has 148 valence electrons. The standard InChI is InChI=1S/C21H26N4O3/c26-18-5-4-17(19(27)24-18)25-12-16-14(2-1-3-15(16)20(25)28)11-22-10-13-8-21(9-13)6-7-23-21/h1-3,13,17,22-23H,4-12H2,(H,24,26,27). The van der Waals surface area contributed by atoms with Crippen LogP contribution in [0.3, 0.4) is 0 Å². The molecule has 0 radical (unpaired) electrons. The van der Waals surface area contributed by atoms with Crippen LogP contribution in [-0.2, 0) is 22.7 Å². The molecule has 3 amide bonds. The van der Waals surface area contributed by atoms with Crippen molar-refractivity contribution >= 4 is 17.7 Å². The zero-order valence-electron chi connectivity index (χ0n) is 15.9. The van der Waals surface area contributed by atoms with Crippen LogP contribution in [0, 0.1) is 5.92 Å². The maximum absolute atomic E-state index is 12.9. The molecule has 3 fully saturated rings. The first-order chi connectivity index (χ1) is 13.5. The number of carbonyl (C=O) groups excluding carboxylic acids is 3. The number of nitrogens with zero attached hydrogens (tertiary/aromatic N) is 1. The first-order valence-corrected chi connectivity index (χ1v) is 10.3. The number of piperidine rings is 1. The molecule has 3 heterocycles. The number of rotatable bonds is 5. The number of benzene rings is 1. The van der Waals surface area contributed by atoms with Gasteiger partial charge in [-0.3, -0.25) is 19.7 Å². The Bertz CT molecular complexity index is 840.